The van der Waals surface area contributed by atoms with Crippen molar-refractivity contribution in [3.8, 4) is 11.3 Å². The number of nitrogens with one attached hydrogen (secondary N) is 2. The lowest BCUT2D eigenvalue weighted by atomic mass is 10.2. The lowest BCUT2D eigenvalue weighted by molar-refractivity contribution is 0.102. The average Bonchev–Trinajstić information content (AvgIpc) is 3.23. The van der Waals surface area contributed by atoms with E-state index in [-0.39, 0.29) is 16.1 Å². The maximum atomic E-state index is 12.9. The SMILES string of the molecule is O=C(Nc1nc(-c2ccc(Cl)cc2)cs1)c1ccccc1NS(=O)(=O)c1ccccc1. The molecule has 0 bridgehead atoms. The molecule has 0 aliphatic heterocycles. The zero-order valence-corrected chi connectivity index (χ0v) is 18.3. The molecule has 2 N–H and O–H groups in total. The van der Waals surface area contributed by atoms with E-state index in [9.17, 15) is 13.2 Å². The van der Waals surface area contributed by atoms with Gasteiger partial charge in [-0.1, -0.05) is 54.1 Å². The number of anilines is 2. The topological polar surface area (TPSA) is 88.2 Å². The number of aromatic nitrogens is 1. The van der Waals surface area contributed by atoms with Gasteiger partial charge in [-0.2, -0.15) is 0 Å². The second kappa shape index (κ2) is 8.89. The van der Waals surface area contributed by atoms with Crippen molar-refractivity contribution in [2.24, 2.45) is 0 Å². The van der Waals surface area contributed by atoms with E-state index < -0.39 is 15.9 Å². The molecule has 0 atom stereocenters. The molecule has 1 amide bonds. The molecule has 0 radical (unpaired) electrons. The van der Waals surface area contributed by atoms with Crippen LogP contribution in [-0.4, -0.2) is 19.3 Å². The van der Waals surface area contributed by atoms with Crippen molar-refractivity contribution in [1.29, 1.82) is 0 Å². The maximum absolute atomic E-state index is 12.9. The van der Waals surface area contributed by atoms with Crippen molar-refractivity contribution in [2.45, 2.75) is 4.90 Å². The third-order valence-electron chi connectivity index (χ3n) is 4.33. The quantitative estimate of drug-likeness (QED) is 0.389. The number of sulfonamides is 1. The van der Waals surface area contributed by atoms with E-state index in [0.29, 0.717) is 15.8 Å². The molecule has 1 aromatic heterocycles. The van der Waals surface area contributed by atoms with Crippen molar-refractivity contribution in [1.82, 2.24) is 4.98 Å². The molecule has 4 aromatic rings. The molecule has 3 aromatic carbocycles. The Hall–Kier alpha value is -3.20. The van der Waals surface area contributed by atoms with Crippen molar-refractivity contribution in [2.75, 3.05) is 10.0 Å². The van der Waals surface area contributed by atoms with Gasteiger partial charge in [0.25, 0.3) is 15.9 Å². The number of hydrogen-bond donors (Lipinski definition) is 2. The van der Waals surface area contributed by atoms with E-state index in [4.69, 9.17) is 11.6 Å². The van der Waals surface area contributed by atoms with Crippen molar-refractivity contribution < 1.29 is 13.2 Å². The van der Waals surface area contributed by atoms with E-state index in [1.54, 1.807) is 48.5 Å². The Labute approximate surface area is 188 Å². The Morgan fingerprint density at radius 3 is 2.32 bits per heavy atom. The minimum atomic E-state index is -3.83. The summed E-state index contributed by atoms with van der Waals surface area (Å²) in [5, 5.41) is 5.58. The molecule has 0 saturated carbocycles. The third-order valence-corrected chi connectivity index (χ3v) is 6.73. The summed E-state index contributed by atoms with van der Waals surface area (Å²) in [5.41, 5.74) is 1.94. The fourth-order valence-corrected chi connectivity index (χ4v) is 4.76. The van der Waals surface area contributed by atoms with Crippen molar-refractivity contribution in [3.05, 3.63) is 94.8 Å². The summed E-state index contributed by atoms with van der Waals surface area (Å²) in [4.78, 5) is 17.4. The first-order chi connectivity index (χ1) is 14.9. The van der Waals surface area contributed by atoms with Gasteiger partial charge in [-0.15, -0.1) is 11.3 Å². The Bertz CT molecular complexity index is 1320. The van der Waals surface area contributed by atoms with Gasteiger partial charge in [0.1, 0.15) is 0 Å². The van der Waals surface area contributed by atoms with Gasteiger partial charge in [-0.05, 0) is 36.4 Å². The van der Waals surface area contributed by atoms with Gasteiger partial charge in [0.15, 0.2) is 5.13 Å². The standard InChI is InChI=1S/C22H16ClN3O3S2/c23-16-12-10-15(11-13-16)20-14-30-22(24-20)25-21(27)18-8-4-5-9-19(18)26-31(28,29)17-6-2-1-3-7-17/h1-14,26H,(H,24,25,27). The predicted octanol–water partition coefficient (Wildman–Crippen LogP) is 5.52. The van der Waals surface area contributed by atoms with E-state index in [1.165, 1.54) is 29.5 Å². The Kier molecular flexibility index (Phi) is 6.03. The highest BCUT2D eigenvalue weighted by molar-refractivity contribution is 7.92. The Morgan fingerprint density at radius 1 is 0.903 bits per heavy atom. The highest BCUT2D eigenvalue weighted by Crippen LogP contribution is 2.27. The number of halogens is 1. The normalized spacial score (nSPS) is 11.1. The van der Waals surface area contributed by atoms with Crippen LogP contribution in [0.1, 0.15) is 10.4 Å². The second-order valence-electron chi connectivity index (χ2n) is 6.46. The predicted molar refractivity (Wildman–Crippen MR) is 124 cm³/mol. The van der Waals surface area contributed by atoms with E-state index in [0.717, 1.165) is 5.56 Å². The van der Waals surface area contributed by atoms with Crippen LogP contribution in [0.25, 0.3) is 11.3 Å². The third kappa shape index (κ3) is 4.93. The van der Waals surface area contributed by atoms with Gasteiger partial charge < -0.3 is 0 Å². The molecule has 0 unspecified atom stereocenters. The number of rotatable bonds is 6. The zero-order chi connectivity index (χ0) is 21.8. The van der Waals surface area contributed by atoms with Crippen LogP contribution < -0.4 is 10.0 Å². The number of nitrogens with zero attached hydrogens (tertiary/aromatic N) is 1. The Morgan fingerprint density at radius 2 is 1.58 bits per heavy atom. The van der Waals surface area contributed by atoms with Crippen LogP contribution in [0.15, 0.2) is 89.1 Å². The molecule has 156 valence electrons. The number of carbonyl (C=O) groups is 1. The number of hydrogen-bond acceptors (Lipinski definition) is 5. The number of amides is 1. The largest absolute Gasteiger partial charge is 0.298 e. The van der Waals surface area contributed by atoms with E-state index >= 15 is 0 Å². The van der Waals surface area contributed by atoms with Gasteiger partial charge in [0, 0.05) is 16.0 Å². The summed E-state index contributed by atoms with van der Waals surface area (Å²) in [6, 6.07) is 21.6. The molecule has 0 spiro atoms. The molecule has 0 aliphatic carbocycles. The number of carbonyl (C=O) groups excluding carboxylic acids is 1. The van der Waals surface area contributed by atoms with Crippen LogP contribution in [0.3, 0.4) is 0 Å². The molecule has 0 saturated heterocycles. The summed E-state index contributed by atoms with van der Waals surface area (Å²) in [5.74, 6) is -0.469. The summed E-state index contributed by atoms with van der Waals surface area (Å²) in [7, 11) is -3.83. The molecule has 0 fully saturated rings. The molecule has 6 nitrogen and oxygen atoms in total. The van der Waals surface area contributed by atoms with Crippen molar-refractivity contribution >= 4 is 49.7 Å². The van der Waals surface area contributed by atoms with Gasteiger partial charge in [-0.3, -0.25) is 14.8 Å². The number of para-hydroxylation sites is 1. The maximum Gasteiger partial charge on any atom is 0.261 e. The van der Waals surface area contributed by atoms with Crippen molar-refractivity contribution in [3.63, 3.8) is 0 Å². The lowest BCUT2D eigenvalue weighted by Crippen LogP contribution is -2.18. The number of thiazole rings is 1. The fraction of sp³-hybridized carbons (Fsp3) is 0. The van der Waals surface area contributed by atoms with Gasteiger partial charge in [0.2, 0.25) is 0 Å². The van der Waals surface area contributed by atoms with Crippen LogP contribution in [0.5, 0.6) is 0 Å². The minimum absolute atomic E-state index is 0.109. The van der Waals surface area contributed by atoms with Crippen LogP contribution in [0.4, 0.5) is 10.8 Å². The Balaban J connectivity index is 1.54. The molecular formula is C22H16ClN3O3S2. The van der Waals surface area contributed by atoms with Crippen LogP contribution in [-0.2, 0) is 10.0 Å². The minimum Gasteiger partial charge on any atom is -0.298 e. The highest BCUT2D eigenvalue weighted by atomic mass is 35.5. The number of benzene rings is 3. The highest BCUT2D eigenvalue weighted by Gasteiger charge is 2.19. The molecule has 0 aliphatic rings. The monoisotopic (exact) mass is 469 g/mol. The molecule has 1 heterocycles. The molecule has 31 heavy (non-hydrogen) atoms. The summed E-state index contributed by atoms with van der Waals surface area (Å²) >= 11 is 7.19. The molecule has 4 rings (SSSR count). The first kappa shape index (κ1) is 21.0. The molecule has 9 heteroatoms. The summed E-state index contributed by atoms with van der Waals surface area (Å²) in [6.07, 6.45) is 0. The van der Waals surface area contributed by atoms with Gasteiger partial charge in [-0.25, -0.2) is 13.4 Å². The van der Waals surface area contributed by atoms with Crippen LogP contribution in [0.2, 0.25) is 5.02 Å². The second-order valence-corrected chi connectivity index (χ2v) is 9.44. The summed E-state index contributed by atoms with van der Waals surface area (Å²) in [6.45, 7) is 0. The first-order valence-electron chi connectivity index (χ1n) is 9.12. The van der Waals surface area contributed by atoms with Gasteiger partial charge in [0.05, 0.1) is 21.8 Å². The average molecular weight is 470 g/mol. The zero-order valence-electron chi connectivity index (χ0n) is 15.9. The van der Waals surface area contributed by atoms with E-state index in [1.807, 2.05) is 17.5 Å². The molecular weight excluding hydrogens is 454 g/mol. The van der Waals surface area contributed by atoms with Crippen LogP contribution in [0, 0.1) is 0 Å². The summed E-state index contributed by atoms with van der Waals surface area (Å²) < 4.78 is 27.8. The van der Waals surface area contributed by atoms with E-state index in [2.05, 4.69) is 15.0 Å². The van der Waals surface area contributed by atoms with Gasteiger partial charge >= 0.3 is 0 Å². The smallest absolute Gasteiger partial charge is 0.261 e. The van der Waals surface area contributed by atoms with Crippen LogP contribution >= 0.6 is 22.9 Å². The lowest BCUT2D eigenvalue weighted by Gasteiger charge is -2.12. The fourth-order valence-electron chi connectivity index (χ4n) is 2.82. The first-order valence-corrected chi connectivity index (χ1v) is 11.9.